The summed E-state index contributed by atoms with van der Waals surface area (Å²) in [5, 5.41) is 14.0. The van der Waals surface area contributed by atoms with Crippen LogP contribution in [-0.4, -0.2) is 34.9 Å². The zero-order valence-corrected chi connectivity index (χ0v) is 13.4. The Labute approximate surface area is 131 Å². The van der Waals surface area contributed by atoms with Gasteiger partial charge in [-0.1, -0.05) is 15.9 Å². The number of nitro groups is 1. The number of hydrogen-bond donors (Lipinski definition) is 1. The van der Waals surface area contributed by atoms with Crippen LogP contribution in [0.3, 0.4) is 0 Å². The summed E-state index contributed by atoms with van der Waals surface area (Å²) in [5.41, 5.74) is 0.817. The number of halogens is 1. The molecule has 1 unspecified atom stereocenters. The van der Waals surface area contributed by atoms with Crippen LogP contribution >= 0.6 is 15.9 Å². The van der Waals surface area contributed by atoms with Crippen molar-refractivity contribution in [3.8, 4) is 0 Å². The molecule has 2 rings (SSSR count). The van der Waals surface area contributed by atoms with E-state index in [1.54, 1.807) is 0 Å². The van der Waals surface area contributed by atoms with Gasteiger partial charge in [-0.3, -0.25) is 14.9 Å². The van der Waals surface area contributed by atoms with Gasteiger partial charge < -0.3 is 10.2 Å². The number of rotatable bonds is 5. The van der Waals surface area contributed by atoms with Crippen molar-refractivity contribution in [3.63, 3.8) is 0 Å². The van der Waals surface area contributed by atoms with Crippen molar-refractivity contribution in [2.75, 3.05) is 13.1 Å². The van der Waals surface area contributed by atoms with E-state index in [4.69, 9.17) is 0 Å². The molecule has 1 aromatic carbocycles. The SMILES string of the molecule is CC(NCc1cc(Br)cc([N+](=O)[O-])c1)C(=O)N1CCCC1. The molecule has 1 atom stereocenters. The van der Waals surface area contributed by atoms with Gasteiger partial charge in [0.15, 0.2) is 0 Å². The minimum Gasteiger partial charge on any atom is -0.341 e. The molecule has 1 amide bonds. The third-order valence-corrected chi connectivity index (χ3v) is 4.01. The summed E-state index contributed by atoms with van der Waals surface area (Å²) in [6, 6.07) is 4.50. The lowest BCUT2D eigenvalue weighted by Crippen LogP contribution is -2.43. The van der Waals surface area contributed by atoms with E-state index in [1.807, 2.05) is 17.9 Å². The molecule has 1 saturated heterocycles. The van der Waals surface area contributed by atoms with E-state index in [0.29, 0.717) is 11.0 Å². The largest absolute Gasteiger partial charge is 0.341 e. The number of hydrogen-bond acceptors (Lipinski definition) is 4. The lowest BCUT2D eigenvalue weighted by atomic mass is 10.2. The second kappa shape index (κ2) is 7.00. The Morgan fingerprint density at radius 2 is 2.10 bits per heavy atom. The Hall–Kier alpha value is -1.47. The first-order chi connectivity index (χ1) is 9.97. The standard InChI is InChI=1S/C14H18BrN3O3/c1-10(14(19)17-4-2-3-5-17)16-9-11-6-12(15)8-13(7-11)18(20)21/h6-8,10,16H,2-5,9H2,1H3. The second-order valence-corrected chi connectivity index (χ2v) is 6.13. The highest BCUT2D eigenvalue weighted by Crippen LogP contribution is 2.21. The van der Waals surface area contributed by atoms with Gasteiger partial charge in [-0.25, -0.2) is 0 Å². The first-order valence-electron chi connectivity index (χ1n) is 6.93. The zero-order chi connectivity index (χ0) is 15.4. The van der Waals surface area contributed by atoms with Crippen molar-refractivity contribution in [2.24, 2.45) is 0 Å². The van der Waals surface area contributed by atoms with Crippen LogP contribution in [0.2, 0.25) is 0 Å². The molecule has 21 heavy (non-hydrogen) atoms. The zero-order valence-electron chi connectivity index (χ0n) is 11.8. The van der Waals surface area contributed by atoms with Gasteiger partial charge in [0.1, 0.15) is 0 Å². The Balaban J connectivity index is 1.95. The number of nitrogens with zero attached hydrogens (tertiary/aromatic N) is 2. The average molecular weight is 356 g/mol. The smallest absolute Gasteiger partial charge is 0.270 e. The van der Waals surface area contributed by atoms with Gasteiger partial charge in [-0.2, -0.15) is 0 Å². The van der Waals surface area contributed by atoms with Gasteiger partial charge >= 0.3 is 0 Å². The molecule has 1 fully saturated rings. The summed E-state index contributed by atoms with van der Waals surface area (Å²) in [7, 11) is 0. The van der Waals surface area contributed by atoms with Gasteiger partial charge in [0.05, 0.1) is 11.0 Å². The highest BCUT2D eigenvalue weighted by molar-refractivity contribution is 9.10. The number of nitrogens with one attached hydrogen (secondary N) is 1. The molecule has 6 nitrogen and oxygen atoms in total. The molecule has 1 aliphatic heterocycles. The van der Waals surface area contributed by atoms with Crippen molar-refractivity contribution in [3.05, 3.63) is 38.3 Å². The van der Waals surface area contributed by atoms with Gasteiger partial charge in [0.2, 0.25) is 5.91 Å². The Kier molecular flexibility index (Phi) is 5.30. The van der Waals surface area contributed by atoms with Crippen molar-refractivity contribution < 1.29 is 9.72 Å². The summed E-state index contributed by atoms with van der Waals surface area (Å²) >= 11 is 3.26. The van der Waals surface area contributed by atoms with E-state index in [1.165, 1.54) is 12.1 Å². The normalized spacial score (nSPS) is 16.0. The van der Waals surface area contributed by atoms with E-state index in [0.717, 1.165) is 31.5 Å². The number of amides is 1. The Bertz CT molecular complexity index is 544. The maximum absolute atomic E-state index is 12.2. The lowest BCUT2D eigenvalue weighted by molar-refractivity contribution is -0.385. The fraction of sp³-hybridized carbons (Fsp3) is 0.500. The van der Waals surface area contributed by atoms with E-state index in [2.05, 4.69) is 21.2 Å². The maximum Gasteiger partial charge on any atom is 0.270 e. The molecule has 1 N–H and O–H groups in total. The molecule has 0 aliphatic carbocycles. The van der Waals surface area contributed by atoms with Gasteiger partial charge in [0.25, 0.3) is 5.69 Å². The Morgan fingerprint density at radius 1 is 1.43 bits per heavy atom. The number of non-ortho nitro benzene ring substituents is 1. The minimum atomic E-state index is -0.424. The quantitative estimate of drug-likeness (QED) is 0.650. The topological polar surface area (TPSA) is 75.5 Å². The maximum atomic E-state index is 12.2. The van der Waals surface area contributed by atoms with Crippen LogP contribution in [0.5, 0.6) is 0 Å². The molecule has 0 saturated carbocycles. The lowest BCUT2D eigenvalue weighted by Gasteiger charge is -2.21. The van der Waals surface area contributed by atoms with E-state index in [-0.39, 0.29) is 17.6 Å². The van der Waals surface area contributed by atoms with E-state index >= 15 is 0 Å². The molecule has 114 valence electrons. The number of likely N-dealkylation sites (tertiary alicyclic amines) is 1. The highest BCUT2D eigenvalue weighted by Gasteiger charge is 2.22. The molecule has 1 aliphatic rings. The minimum absolute atomic E-state index is 0.0414. The molecule has 1 heterocycles. The number of carbonyl (C=O) groups is 1. The summed E-state index contributed by atoms with van der Waals surface area (Å²) in [6.07, 6.45) is 2.13. The Morgan fingerprint density at radius 3 is 2.71 bits per heavy atom. The van der Waals surface area contributed by atoms with Crippen molar-refractivity contribution in [1.82, 2.24) is 10.2 Å². The van der Waals surface area contributed by atoms with Crippen LogP contribution < -0.4 is 5.32 Å². The van der Waals surface area contributed by atoms with Gasteiger partial charge in [-0.15, -0.1) is 0 Å². The predicted octanol–water partition coefficient (Wildman–Crippen LogP) is 2.46. The van der Waals surface area contributed by atoms with E-state index in [9.17, 15) is 14.9 Å². The molecular formula is C14H18BrN3O3. The first-order valence-corrected chi connectivity index (χ1v) is 7.72. The molecule has 0 spiro atoms. The third kappa shape index (κ3) is 4.25. The van der Waals surface area contributed by atoms with Crippen LogP contribution in [0.25, 0.3) is 0 Å². The summed E-state index contributed by atoms with van der Waals surface area (Å²) in [6.45, 7) is 3.90. The summed E-state index contributed by atoms with van der Waals surface area (Å²) in [5.74, 6) is 0.0944. The monoisotopic (exact) mass is 355 g/mol. The number of carbonyl (C=O) groups excluding carboxylic acids is 1. The van der Waals surface area contributed by atoms with Crippen LogP contribution in [0.15, 0.2) is 22.7 Å². The third-order valence-electron chi connectivity index (χ3n) is 3.55. The number of benzene rings is 1. The molecule has 0 bridgehead atoms. The van der Waals surface area contributed by atoms with Crippen LogP contribution in [0.1, 0.15) is 25.3 Å². The van der Waals surface area contributed by atoms with Gasteiger partial charge in [-0.05, 0) is 31.4 Å². The van der Waals surface area contributed by atoms with Crippen molar-refractivity contribution >= 4 is 27.5 Å². The van der Waals surface area contributed by atoms with Crippen LogP contribution in [-0.2, 0) is 11.3 Å². The van der Waals surface area contributed by atoms with Crippen molar-refractivity contribution in [2.45, 2.75) is 32.4 Å². The molecule has 0 radical (unpaired) electrons. The fourth-order valence-corrected chi connectivity index (χ4v) is 2.94. The second-order valence-electron chi connectivity index (χ2n) is 5.21. The van der Waals surface area contributed by atoms with E-state index < -0.39 is 4.92 Å². The molecule has 1 aromatic rings. The summed E-state index contributed by atoms with van der Waals surface area (Å²) in [4.78, 5) is 24.4. The van der Waals surface area contributed by atoms with Crippen LogP contribution in [0.4, 0.5) is 5.69 Å². The molecule has 7 heteroatoms. The summed E-state index contributed by atoms with van der Waals surface area (Å²) < 4.78 is 0.659. The predicted molar refractivity (Wildman–Crippen MR) is 82.9 cm³/mol. The molecule has 0 aromatic heterocycles. The number of nitro benzene ring substituents is 1. The fourth-order valence-electron chi connectivity index (χ4n) is 2.41. The first kappa shape index (κ1) is 15.9. The molecular weight excluding hydrogens is 338 g/mol. The van der Waals surface area contributed by atoms with Crippen LogP contribution in [0, 0.1) is 10.1 Å². The average Bonchev–Trinajstić information content (AvgIpc) is 2.97. The highest BCUT2D eigenvalue weighted by atomic mass is 79.9. The van der Waals surface area contributed by atoms with Gasteiger partial charge in [0, 0.05) is 36.2 Å². The van der Waals surface area contributed by atoms with Crippen molar-refractivity contribution in [1.29, 1.82) is 0 Å².